The van der Waals surface area contributed by atoms with Gasteiger partial charge in [-0.15, -0.1) is 0 Å². The average molecular weight is 167 g/mol. The molecule has 0 radical (unpaired) electrons. The Bertz CT molecular complexity index is 280. The third kappa shape index (κ3) is 1.05. The molecular weight excluding hydrogens is 162 g/mol. The Morgan fingerprint density at radius 2 is 2.55 bits per heavy atom. The molecule has 0 fully saturated rings. The molecule has 0 aromatic carbocycles. The topological polar surface area (TPSA) is 29.5 Å². The molecule has 2 aliphatic rings. The van der Waals surface area contributed by atoms with Gasteiger partial charge in [-0.1, -0.05) is 0 Å². The molecule has 2 aliphatic heterocycles. The van der Waals surface area contributed by atoms with Gasteiger partial charge in [0.05, 0.1) is 18.2 Å². The summed E-state index contributed by atoms with van der Waals surface area (Å²) in [6.07, 6.45) is 5.91. The summed E-state index contributed by atoms with van der Waals surface area (Å²) in [4.78, 5) is 11.7. The van der Waals surface area contributed by atoms with Gasteiger partial charge < -0.3 is 4.18 Å². The highest BCUT2D eigenvalue weighted by atomic mass is 32.2. The third-order valence-electron chi connectivity index (χ3n) is 1.41. The molecule has 0 aliphatic carbocycles. The lowest BCUT2D eigenvalue weighted by molar-refractivity contribution is -0.114. The van der Waals surface area contributed by atoms with Gasteiger partial charge in [-0.2, -0.15) is 0 Å². The van der Waals surface area contributed by atoms with Crippen molar-refractivity contribution in [2.75, 3.05) is 0 Å². The molecule has 0 unspecified atom stereocenters. The molecule has 0 atom stereocenters. The van der Waals surface area contributed by atoms with E-state index in [4.69, 9.17) is 4.18 Å². The summed E-state index contributed by atoms with van der Waals surface area (Å²) in [6, 6.07) is 0. The molecule has 0 aromatic rings. The van der Waals surface area contributed by atoms with Gasteiger partial charge in [0.2, 0.25) is 6.41 Å². The van der Waals surface area contributed by atoms with Crippen LogP contribution < -0.4 is 0 Å². The maximum absolute atomic E-state index is 10.3. The maximum Gasteiger partial charge on any atom is 0.217 e. The fourth-order valence-corrected chi connectivity index (χ4v) is 1.45. The van der Waals surface area contributed by atoms with Crippen LogP contribution in [0.3, 0.4) is 0 Å². The first-order chi connectivity index (χ1) is 5.40. The molecule has 3 nitrogen and oxygen atoms in total. The summed E-state index contributed by atoms with van der Waals surface area (Å²) in [7, 11) is 0. The molecule has 2 heterocycles. The van der Waals surface area contributed by atoms with Crippen LogP contribution in [0.15, 0.2) is 35.2 Å². The molecular formula is C7H5NO2S. The van der Waals surface area contributed by atoms with Crippen molar-refractivity contribution in [3.8, 4) is 0 Å². The van der Waals surface area contributed by atoms with Crippen LogP contribution in [0.4, 0.5) is 0 Å². The number of allylic oxidation sites excluding steroid dienone is 1. The van der Waals surface area contributed by atoms with Crippen LogP contribution in [0, 0.1) is 0 Å². The van der Waals surface area contributed by atoms with E-state index in [1.807, 2.05) is 11.5 Å². The molecule has 0 saturated heterocycles. The van der Waals surface area contributed by atoms with E-state index >= 15 is 0 Å². The van der Waals surface area contributed by atoms with Gasteiger partial charge >= 0.3 is 0 Å². The Hall–Kier alpha value is -1.16. The zero-order chi connectivity index (χ0) is 7.68. The van der Waals surface area contributed by atoms with Crippen molar-refractivity contribution in [1.82, 2.24) is 4.90 Å². The van der Waals surface area contributed by atoms with Crippen molar-refractivity contribution in [2.45, 2.75) is 0 Å². The Labute approximate surface area is 68.2 Å². The van der Waals surface area contributed by atoms with Crippen molar-refractivity contribution in [1.29, 1.82) is 0 Å². The van der Waals surface area contributed by atoms with Crippen LogP contribution in [-0.4, -0.2) is 11.3 Å². The molecule has 56 valence electrons. The molecule has 1 amide bonds. The SMILES string of the molecule is O=CN1C=CC2=CSOC2=C1. The van der Waals surface area contributed by atoms with E-state index in [0.717, 1.165) is 17.7 Å². The Morgan fingerprint density at radius 3 is 3.36 bits per heavy atom. The summed E-state index contributed by atoms with van der Waals surface area (Å²) in [6.45, 7) is 0. The van der Waals surface area contributed by atoms with Gasteiger partial charge in [-0.3, -0.25) is 9.69 Å². The predicted molar refractivity (Wildman–Crippen MR) is 41.9 cm³/mol. The van der Waals surface area contributed by atoms with Crippen LogP contribution in [0.5, 0.6) is 0 Å². The molecule has 0 spiro atoms. The molecule has 0 N–H and O–H groups in total. The molecule has 4 heteroatoms. The first-order valence-electron chi connectivity index (χ1n) is 3.07. The Kier molecular flexibility index (Phi) is 1.47. The summed E-state index contributed by atoms with van der Waals surface area (Å²) >= 11 is 1.27. The van der Waals surface area contributed by atoms with Crippen molar-refractivity contribution in [3.05, 3.63) is 35.2 Å². The van der Waals surface area contributed by atoms with Gasteiger partial charge in [0, 0.05) is 17.2 Å². The first-order valence-corrected chi connectivity index (χ1v) is 3.87. The number of rotatable bonds is 1. The summed E-state index contributed by atoms with van der Waals surface area (Å²) in [5.41, 5.74) is 1.02. The molecule has 2 rings (SSSR count). The van der Waals surface area contributed by atoms with E-state index in [1.165, 1.54) is 16.9 Å². The zero-order valence-electron chi connectivity index (χ0n) is 5.56. The summed E-state index contributed by atoms with van der Waals surface area (Å²) in [5, 5.41) is 1.89. The lowest BCUT2D eigenvalue weighted by Crippen LogP contribution is -2.10. The van der Waals surface area contributed by atoms with Gasteiger partial charge in [-0.25, -0.2) is 0 Å². The van der Waals surface area contributed by atoms with Gasteiger partial charge in [0.15, 0.2) is 5.76 Å². The fraction of sp³-hybridized carbons (Fsp3) is 0. The maximum atomic E-state index is 10.3. The van der Waals surface area contributed by atoms with Crippen LogP contribution >= 0.6 is 12.0 Å². The van der Waals surface area contributed by atoms with Gasteiger partial charge in [0.1, 0.15) is 0 Å². The summed E-state index contributed by atoms with van der Waals surface area (Å²) in [5.74, 6) is 0.740. The van der Waals surface area contributed by atoms with E-state index in [9.17, 15) is 4.79 Å². The highest BCUT2D eigenvalue weighted by Gasteiger charge is 2.16. The second-order valence-corrected chi connectivity index (χ2v) is 2.71. The summed E-state index contributed by atoms with van der Waals surface area (Å²) < 4.78 is 5.12. The molecule has 0 saturated carbocycles. The van der Waals surface area contributed by atoms with Crippen LogP contribution in [0.1, 0.15) is 0 Å². The fourth-order valence-electron chi connectivity index (χ4n) is 0.862. The second-order valence-electron chi connectivity index (χ2n) is 2.11. The second kappa shape index (κ2) is 2.47. The van der Waals surface area contributed by atoms with Gasteiger partial charge in [-0.05, 0) is 6.08 Å². The quantitative estimate of drug-likeness (QED) is 0.436. The van der Waals surface area contributed by atoms with E-state index in [2.05, 4.69) is 0 Å². The monoisotopic (exact) mass is 167 g/mol. The minimum atomic E-state index is 0.729. The van der Waals surface area contributed by atoms with Crippen molar-refractivity contribution in [3.63, 3.8) is 0 Å². The minimum absolute atomic E-state index is 0.729. The molecule has 0 bridgehead atoms. The van der Waals surface area contributed by atoms with Crippen molar-refractivity contribution in [2.24, 2.45) is 0 Å². The number of amides is 1. The largest absolute Gasteiger partial charge is 0.419 e. The van der Waals surface area contributed by atoms with E-state index < -0.39 is 0 Å². The number of carbonyl (C=O) groups is 1. The Balaban J connectivity index is 2.30. The van der Waals surface area contributed by atoms with Crippen LogP contribution in [0.2, 0.25) is 0 Å². The molecule has 0 aromatic heterocycles. The standard InChI is InChI=1S/C7H5NO2S/c9-5-8-2-1-6-4-11-10-7(6)3-8/h1-5H. The highest BCUT2D eigenvalue weighted by Crippen LogP contribution is 2.32. The van der Waals surface area contributed by atoms with E-state index in [-0.39, 0.29) is 0 Å². The number of carbonyl (C=O) groups excluding carboxylic acids is 1. The Morgan fingerprint density at radius 1 is 1.64 bits per heavy atom. The third-order valence-corrected chi connectivity index (χ3v) is 2.04. The van der Waals surface area contributed by atoms with Crippen molar-refractivity contribution >= 4 is 18.5 Å². The van der Waals surface area contributed by atoms with E-state index in [1.54, 1.807) is 12.4 Å². The molecule has 11 heavy (non-hydrogen) atoms. The number of fused-ring (bicyclic) bond motifs is 1. The van der Waals surface area contributed by atoms with E-state index in [0.29, 0.717) is 0 Å². The van der Waals surface area contributed by atoms with Crippen LogP contribution in [-0.2, 0) is 8.98 Å². The average Bonchev–Trinajstić information content (AvgIpc) is 2.50. The lowest BCUT2D eigenvalue weighted by atomic mass is 10.2. The normalized spacial score (nSPS) is 20.2. The van der Waals surface area contributed by atoms with Crippen LogP contribution in [0.25, 0.3) is 0 Å². The highest BCUT2D eigenvalue weighted by molar-refractivity contribution is 7.98. The van der Waals surface area contributed by atoms with Crippen molar-refractivity contribution < 1.29 is 8.98 Å². The van der Waals surface area contributed by atoms with Gasteiger partial charge in [0.25, 0.3) is 0 Å². The minimum Gasteiger partial charge on any atom is -0.419 e. The predicted octanol–water partition coefficient (Wildman–Crippen LogP) is 1.38. The number of hydrogen-bond acceptors (Lipinski definition) is 3. The number of nitrogens with zero attached hydrogens (tertiary/aromatic N) is 1. The smallest absolute Gasteiger partial charge is 0.217 e. The lowest BCUT2D eigenvalue weighted by Gasteiger charge is -2.11. The zero-order valence-corrected chi connectivity index (χ0v) is 6.38. The number of hydrogen-bond donors (Lipinski definition) is 0. The first kappa shape index (κ1) is 6.54.